The Morgan fingerprint density at radius 3 is 1.63 bits per heavy atom. The Hall–Kier alpha value is -3.86. The molecule has 3 aromatic rings. The molecule has 12 heteroatoms. The van der Waals surface area contributed by atoms with Gasteiger partial charge in [-0.05, 0) is 23.7 Å². The van der Waals surface area contributed by atoms with Gasteiger partial charge in [-0.2, -0.15) is 15.0 Å². The van der Waals surface area contributed by atoms with Gasteiger partial charge in [0, 0.05) is 35.6 Å². The Morgan fingerprint density at radius 1 is 0.778 bits per heavy atom. The number of aromatic nitrogens is 3. The average Bonchev–Trinajstić information content (AvgIpc) is 2.61. The van der Waals surface area contributed by atoms with Gasteiger partial charge in [0.05, 0.1) is 9.85 Å². The Balaban J connectivity index is 1.84. The van der Waals surface area contributed by atoms with Crippen LogP contribution in [0.15, 0.2) is 48.5 Å². The second-order valence-corrected chi connectivity index (χ2v) is 5.45. The number of hydrogen-bond acceptors (Lipinski definition) is 9. The first-order valence-electron chi connectivity index (χ1n) is 7.35. The van der Waals surface area contributed by atoms with Crippen molar-refractivity contribution in [1.82, 2.24) is 15.0 Å². The monoisotopic (exact) mass is 387 g/mol. The van der Waals surface area contributed by atoms with E-state index >= 15 is 0 Å². The number of non-ortho nitro benzene ring substituents is 2. The van der Waals surface area contributed by atoms with Crippen molar-refractivity contribution in [3.05, 3.63) is 74.0 Å². The van der Waals surface area contributed by atoms with E-state index in [0.29, 0.717) is 11.4 Å². The number of rotatable bonds is 6. The lowest BCUT2D eigenvalue weighted by atomic mass is 10.3. The molecule has 27 heavy (non-hydrogen) atoms. The molecular weight excluding hydrogens is 378 g/mol. The molecule has 0 fully saturated rings. The van der Waals surface area contributed by atoms with Gasteiger partial charge in [-0.25, -0.2) is 0 Å². The van der Waals surface area contributed by atoms with Crippen molar-refractivity contribution in [1.29, 1.82) is 0 Å². The molecule has 2 N–H and O–H groups in total. The molecule has 0 amide bonds. The van der Waals surface area contributed by atoms with E-state index < -0.39 is 9.85 Å². The van der Waals surface area contributed by atoms with Crippen LogP contribution in [-0.4, -0.2) is 24.8 Å². The number of nitrogens with zero attached hydrogens (tertiary/aromatic N) is 5. The summed E-state index contributed by atoms with van der Waals surface area (Å²) >= 11 is 5.89. The first kappa shape index (κ1) is 17.9. The Bertz CT molecular complexity index is 953. The molecule has 0 spiro atoms. The summed E-state index contributed by atoms with van der Waals surface area (Å²) in [4.78, 5) is 32.6. The van der Waals surface area contributed by atoms with E-state index in [0.717, 1.165) is 0 Å². The number of nitro benzene ring substituents is 2. The molecule has 0 aliphatic rings. The molecule has 1 aromatic heterocycles. The van der Waals surface area contributed by atoms with Crippen molar-refractivity contribution < 1.29 is 9.85 Å². The molecule has 0 aliphatic carbocycles. The van der Waals surface area contributed by atoms with Crippen LogP contribution in [-0.2, 0) is 0 Å². The minimum absolute atomic E-state index is 0.0448. The van der Waals surface area contributed by atoms with Crippen LogP contribution in [0.25, 0.3) is 0 Å². The molecule has 3 rings (SSSR count). The van der Waals surface area contributed by atoms with E-state index in [2.05, 4.69) is 25.6 Å². The number of benzene rings is 2. The normalized spacial score (nSPS) is 10.3. The molecule has 136 valence electrons. The minimum Gasteiger partial charge on any atom is -0.324 e. The summed E-state index contributed by atoms with van der Waals surface area (Å²) in [5, 5.41) is 27.2. The summed E-state index contributed by atoms with van der Waals surface area (Å²) in [6.45, 7) is 0. The van der Waals surface area contributed by atoms with E-state index in [9.17, 15) is 20.2 Å². The maximum atomic E-state index is 10.8. The number of anilines is 4. The van der Waals surface area contributed by atoms with Crippen molar-refractivity contribution in [2.45, 2.75) is 0 Å². The summed E-state index contributed by atoms with van der Waals surface area (Å²) in [6, 6.07) is 11.5. The molecule has 0 atom stereocenters. The third kappa shape index (κ3) is 4.61. The van der Waals surface area contributed by atoms with Gasteiger partial charge in [0.15, 0.2) is 0 Å². The highest BCUT2D eigenvalue weighted by atomic mass is 35.5. The van der Waals surface area contributed by atoms with Crippen LogP contribution in [0.4, 0.5) is 34.6 Å². The first-order chi connectivity index (χ1) is 12.9. The third-order valence-corrected chi connectivity index (χ3v) is 3.40. The smallest absolute Gasteiger partial charge is 0.271 e. The van der Waals surface area contributed by atoms with Gasteiger partial charge in [0.2, 0.25) is 17.2 Å². The Kier molecular flexibility index (Phi) is 5.04. The van der Waals surface area contributed by atoms with E-state index in [-0.39, 0.29) is 28.6 Å². The SMILES string of the molecule is O=[N+]([O-])c1cccc(Nc2nc(Cl)nc(Nc3cccc([N+](=O)[O-])c3)n2)c1. The zero-order chi connectivity index (χ0) is 19.4. The lowest BCUT2D eigenvalue weighted by molar-refractivity contribution is -0.385. The van der Waals surface area contributed by atoms with Crippen molar-refractivity contribution in [3.8, 4) is 0 Å². The van der Waals surface area contributed by atoms with Crippen LogP contribution >= 0.6 is 11.6 Å². The zero-order valence-corrected chi connectivity index (χ0v) is 14.1. The van der Waals surface area contributed by atoms with Crippen LogP contribution < -0.4 is 10.6 Å². The second kappa shape index (κ2) is 7.58. The standard InChI is InChI=1S/C15H10ClN7O4/c16-13-19-14(17-9-3-1-5-11(7-9)22(24)25)21-15(20-13)18-10-4-2-6-12(8-10)23(26)27/h1-8H,(H2,17,18,19,20,21). The second-order valence-electron chi connectivity index (χ2n) is 5.12. The highest BCUT2D eigenvalue weighted by Gasteiger charge is 2.11. The highest BCUT2D eigenvalue weighted by molar-refractivity contribution is 6.28. The number of nitro groups is 2. The number of halogens is 1. The van der Waals surface area contributed by atoms with E-state index in [1.54, 1.807) is 12.1 Å². The quantitative estimate of drug-likeness (QED) is 0.475. The van der Waals surface area contributed by atoms with Crippen LogP contribution in [0.5, 0.6) is 0 Å². The summed E-state index contributed by atoms with van der Waals surface area (Å²) in [6.07, 6.45) is 0. The Morgan fingerprint density at radius 2 is 1.22 bits per heavy atom. The van der Waals surface area contributed by atoms with Crippen LogP contribution in [0.1, 0.15) is 0 Å². The molecule has 1 heterocycles. The molecule has 0 unspecified atom stereocenters. The van der Waals surface area contributed by atoms with Crippen molar-refractivity contribution in [3.63, 3.8) is 0 Å². The van der Waals surface area contributed by atoms with E-state index in [1.807, 2.05) is 0 Å². The molecule has 0 aliphatic heterocycles. The Labute approximate surface area is 156 Å². The molecule has 2 aromatic carbocycles. The maximum absolute atomic E-state index is 10.8. The molecule has 0 radical (unpaired) electrons. The molecule has 0 saturated heterocycles. The summed E-state index contributed by atoms with van der Waals surface area (Å²) in [5.74, 6) is 0.0897. The zero-order valence-electron chi connectivity index (χ0n) is 13.4. The predicted molar refractivity (Wildman–Crippen MR) is 97.6 cm³/mol. The van der Waals surface area contributed by atoms with E-state index in [1.165, 1.54) is 36.4 Å². The lowest BCUT2D eigenvalue weighted by Crippen LogP contribution is -2.04. The summed E-state index contributed by atoms with van der Waals surface area (Å²) in [7, 11) is 0. The molecular formula is C15H10ClN7O4. The van der Waals surface area contributed by atoms with Crippen molar-refractivity contribution in [2.75, 3.05) is 10.6 Å². The van der Waals surface area contributed by atoms with Crippen molar-refractivity contribution >= 4 is 46.2 Å². The van der Waals surface area contributed by atoms with Gasteiger partial charge in [-0.1, -0.05) is 12.1 Å². The van der Waals surface area contributed by atoms with Gasteiger partial charge < -0.3 is 10.6 Å². The van der Waals surface area contributed by atoms with Crippen LogP contribution in [0.3, 0.4) is 0 Å². The first-order valence-corrected chi connectivity index (χ1v) is 7.73. The molecule has 11 nitrogen and oxygen atoms in total. The average molecular weight is 388 g/mol. The number of nitrogens with one attached hydrogen (secondary N) is 2. The fourth-order valence-corrected chi connectivity index (χ4v) is 2.27. The third-order valence-electron chi connectivity index (χ3n) is 3.23. The minimum atomic E-state index is -0.527. The van der Waals surface area contributed by atoms with Gasteiger partial charge in [-0.15, -0.1) is 0 Å². The van der Waals surface area contributed by atoms with Gasteiger partial charge in [0.25, 0.3) is 11.4 Å². The van der Waals surface area contributed by atoms with E-state index in [4.69, 9.17) is 11.6 Å². The lowest BCUT2D eigenvalue weighted by Gasteiger charge is -2.08. The topological polar surface area (TPSA) is 149 Å². The van der Waals surface area contributed by atoms with Gasteiger partial charge in [-0.3, -0.25) is 20.2 Å². The van der Waals surface area contributed by atoms with Crippen LogP contribution in [0.2, 0.25) is 5.28 Å². The number of hydrogen-bond donors (Lipinski definition) is 2. The largest absolute Gasteiger partial charge is 0.324 e. The maximum Gasteiger partial charge on any atom is 0.271 e. The summed E-state index contributed by atoms with van der Waals surface area (Å²) in [5.41, 5.74) is 0.561. The van der Waals surface area contributed by atoms with Crippen LogP contribution in [0, 0.1) is 20.2 Å². The van der Waals surface area contributed by atoms with Crippen molar-refractivity contribution in [2.24, 2.45) is 0 Å². The predicted octanol–water partition coefficient (Wildman–Crippen LogP) is 3.83. The fraction of sp³-hybridized carbons (Fsp3) is 0. The van der Waals surface area contributed by atoms with Gasteiger partial charge >= 0.3 is 0 Å². The highest BCUT2D eigenvalue weighted by Crippen LogP contribution is 2.23. The summed E-state index contributed by atoms with van der Waals surface area (Å²) < 4.78 is 0. The molecule has 0 bridgehead atoms. The molecule has 0 saturated carbocycles. The van der Waals surface area contributed by atoms with Gasteiger partial charge in [0.1, 0.15) is 0 Å². The fourth-order valence-electron chi connectivity index (χ4n) is 2.11.